The summed E-state index contributed by atoms with van der Waals surface area (Å²) in [6, 6.07) is 25.2. The number of nitrogens with two attached hydrogens (primary N) is 1. The van der Waals surface area contributed by atoms with Crippen molar-refractivity contribution in [3.63, 3.8) is 0 Å². The van der Waals surface area contributed by atoms with Gasteiger partial charge in [-0.15, -0.1) is 0 Å². The van der Waals surface area contributed by atoms with Crippen LogP contribution < -0.4 is 5.73 Å². The molecule has 0 saturated carbocycles. The predicted octanol–water partition coefficient (Wildman–Crippen LogP) is 2.47. The Balaban J connectivity index is 0.000000257. The van der Waals surface area contributed by atoms with Gasteiger partial charge in [-0.3, -0.25) is 4.90 Å². The first kappa shape index (κ1) is 33.6. The fourth-order valence-electron chi connectivity index (χ4n) is 4.21. The summed E-state index contributed by atoms with van der Waals surface area (Å²) in [5.74, 6) is -4.89. The molecule has 0 aliphatic carbocycles. The minimum atomic E-state index is -2.40. The summed E-state index contributed by atoms with van der Waals surface area (Å²) in [6.07, 6.45) is -4.53. The van der Waals surface area contributed by atoms with Crippen LogP contribution in [0.25, 0.3) is 0 Å². The number of rotatable bonds is 8. The smallest absolute Gasteiger partial charge is 0.404 e. The van der Waals surface area contributed by atoms with Crippen LogP contribution in [0.3, 0.4) is 0 Å². The number of carbonyl (C=O) groups is 5. The molecule has 12 nitrogen and oxygen atoms in total. The molecule has 12 heteroatoms. The number of hydrogen-bond donors (Lipinski definition) is 3. The molecule has 4 N–H and O–H groups in total. The van der Waals surface area contributed by atoms with Crippen molar-refractivity contribution in [2.45, 2.75) is 38.2 Å². The molecule has 1 fully saturated rings. The Morgan fingerprint density at radius 2 is 1.20 bits per heavy atom. The normalized spacial score (nSPS) is 17.5. The van der Waals surface area contributed by atoms with E-state index < -0.39 is 42.2 Å². The maximum Gasteiger partial charge on any atom is 0.404 e. The highest BCUT2D eigenvalue weighted by Crippen LogP contribution is 2.21. The van der Waals surface area contributed by atoms with Gasteiger partial charge in [0, 0.05) is 13.1 Å². The number of nitrogens with zero attached hydrogens (tertiary/aromatic N) is 1. The molecule has 0 aromatic heterocycles. The molecular weight excluding hydrogens is 572 g/mol. The van der Waals surface area contributed by atoms with Gasteiger partial charge in [-0.05, 0) is 48.7 Å². The second-order valence-electron chi connectivity index (χ2n) is 10.0. The SMILES string of the molecule is C[C@@H]1CCN(Cc2ccccc2)C[C@@H]1OC(N)=O.O=C(OC(=O)C(O)C(O)C(=O)OC(=O)c1ccccc1)c1ccccc1. The monoisotopic (exact) mass is 606 g/mol. The molecule has 232 valence electrons. The van der Waals surface area contributed by atoms with Crippen LogP contribution in [0.5, 0.6) is 0 Å². The van der Waals surface area contributed by atoms with E-state index in [4.69, 9.17) is 10.5 Å². The van der Waals surface area contributed by atoms with Crippen molar-refractivity contribution in [1.29, 1.82) is 0 Å². The van der Waals surface area contributed by atoms with Gasteiger partial charge in [0.15, 0.2) is 12.2 Å². The maximum absolute atomic E-state index is 11.7. The molecule has 0 radical (unpaired) electrons. The molecule has 4 atom stereocenters. The van der Waals surface area contributed by atoms with Crippen LogP contribution in [-0.4, -0.2) is 76.5 Å². The predicted molar refractivity (Wildman–Crippen MR) is 156 cm³/mol. The third kappa shape index (κ3) is 10.4. The van der Waals surface area contributed by atoms with Gasteiger partial charge in [-0.2, -0.15) is 0 Å². The van der Waals surface area contributed by atoms with Crippen molar-refractivity contribution < 1.29 is 48.4 Å². The summed E-state index contributed by atoms with van der Waals surface area (Å²) in [5.41, 5.74) is 6.45. The lowest BCUT2D eigenvalue weighted by molar-refractivity contribution is -0.166. The Kier molecular flexibility index (Phi) is 12.7. The van der Waals surface area contributed by atoms with Crippen molar-refractivity contribution in [3.05, 3.63) is 108 Å². The zero-order chi connectivity index (χ0) is 32.1. The summed E-state index contributed by atoms with van der Waals surface area (Å²) in [4.78, 5) is 60.0. The molecule has 0 bridgehead atoms. The van der Waals surface area contributed by atoms with Crippen molar-refractivity contribution in [1.82, 2.24) is 4.90 Å². The molecule has 1 saturated heterocycles. The lowest BCUT2D eigenvalue weighted by Gasteiger charge is -2.36. The number of aliphatic hydroxyl groups excluding tert-OH is 2. The van der Waals surface area contributed by atoms with Crippen LogP contribution in [0.4, 0.5) is 4.79 Å². The number of hydrogen-bond acceptors (Lipinski definition) is 11. The second kappa shape index (κ2) is 16.7. The van der Waals surface area contributed by atoms with Gasteiger partial charge in [0.05, 0.1) is 11.1 Å². The molecule has 1 heterocycles. The first-order valence-electron chi connectivity index (χ1n) is 13.8. The highest BCUT2D eigenvalue weighted by atomic mass is 16.6. The molecule has 1 amide bonds. The van der Waals surface area contributed by atoms with E-state index in [1.165, 1.54) is 54.1 Å². The fourth-order valence-corrected chi connectivity index (χ4v) is 4.21. The summed E-state index contributed by atoms with van der Waals surface area (Å²) in [5, 5.41) is 19.3. The van der Waals surface area contributed by atoms with Crippen molar-refractivity contribution in [3.8, 4) is 0 Å². The van der Waals surface area contributed by atoms with E-state index in [9.17, 15) is 34.2 Å². The van der Waals surface area contributed by atoms with E-state index in [2.05, 4.69) is 33.4 Å². The van der Waals surface area contributed by atoms with Crippen LogP contribution >= 0.6 is 0 Å². The summed E-state index contributed by atoms with van der Waals surface area (Å²) < 4.78 is 13.9. The zero-order valence-corrected chi connectivity index (χ0v) is 24.0. The Bertz CT molecular complexity index is 1330. The molecule has 1 aliphatic heterocycles. The highest BCUT2D eigenvalue weighted by molar-refractivity contribution is 6.01. The average molecular weight is 607 g/mol. The topological polar surface area (TPSA) is 183 Å². The van der Waals surface area contributed by atoms with Gasteiger partial charge in [0.25, 0.3) is 0 Å². The number of benzene rings is 3. The van der Waals surface area contributed by atoms with E-state index in [-0.39, 0.29) is 17.2 Å². The lowest BCUT2D eigenvalue weighted by atomic mass is 9.95. The van der Waals surface area contributed by atoms with Crippen molar-refractivity contribution >= 4 is 30.0 Å². The average Bonchev–Trinajstić information content (AvgIpc) is 3.03. The number of primary amides is 1. The van der Waals surface area contributed by atoms with E-state index in [1.54, 1.807) is 12.1 Å². The first-order valence-corrected chi connectivity index (χ1v) is 13.8. The lowest BCUT2D eigenvalue weighted by Crippen LogP contribution is -2.45. The number of amides is 1. The molecule has 3 aromatic carbocycles. The minimum Gasteiger partial charge on any atom is -0.445 e. The van der Waals surface area contributed by atoms with E-state index >= 15 is 0 Å². The number of ether oxygens (including phenoxy) is 3. The Morgan fingerprint density at radius 3 is 1.64 bits per heavy atom. The maximum atomic E-state index is 11.7. The van der Waals surface area contributed by atoms with Gasteiger partial charge >= 0.3 is 30.0 Å². The van der Waals surface area contributed by atoms with Gasteiger partial charge in [0.2, 0.25) is 0 Å². The molecule has 0 spiro atoms. The molecule has 4 rings (SSSR count). The molecular formula is C32H34N2O10. The first-order chi connectivity index (χ1) is 21.0. The number of piperidine rings is 1. The third-order valence-electron chi connectivity index (χ3n) is 6.68. The summed E-state index contributed by atoms with van der Waals surface area (Å²) >= 11 is 0. The standard InChI is InChI=1S/C18H14O8.C14H20N2O2/c19-13(17(23)25-15(21)11-7-3-1-4-8-11)14(20)18(24)26-16(22)12-9-5-2-6-10-12;1-11-7-8-16(10-13(11)18-14(15)17)9-12-5-3-2-4-6-12/h1-10,13-14,19-20H;2-6,11,13H,7-10H2,1H3,(H2,15,17)/t;11-,13+/m.1/s1. The highest BCUT2D eigenvalue weighted by Gasteiger charge is 2.35. The fraction of sp³-hybridized carbons (Fsp3) is 0.281. The van der Waals surface area contributed by atoms with E-state index in [1.807, 2.05) is 18.2 Å². The summed E-state index contributed by atoms with van der Waals surface area (Å²) in [6.45, 7) is 4.80. The van der Waals surface area contributed by atoms with E-state index in [0.29, 0.717) is 5.92 Å². The van der Waals surface area contributed by atoms with Crippen molar-refractivity contribution in [2.24, 2.45) is 11.7 Å². The summed E-state index contributed by atoms with van der Waals surface area (Å²) in [7, 11) is 0. The van der Waals surface area contributed by atoms with Gasteiger partial charge in [-0.25, -0.2) is 24.0 Å². The van der Waals surface area contributed by atoms with Gasteiger partial charge < -0.3 is 30.2 Å². The minimum absolute atomic E-state index is 0.0318. The molecule has 1 aliphatic rings. The zero-order valence-electron chi connectivity index (χ0n) is 24.0. The van der Waals surface area contributed by atoms with E-state index in [0.717, 1.165) is 26.1 Å². The van der Waals surface area contributed by atoms with Crippen LogP contribution in [-0.2, 0) is 30.3 Å². The number of aliphatic hydroxyl groups is 2. The van der Waals surface area contributed by atoms with Crippen LogP contribution in [0.2, 0.25) is 0 Å². The second-order valence-corrected chi connectivity index (χ2v) is 10.0. The third-order valence-corrected chi connectivity index (χ3v) is 6.68. The number of esters is 4. The largest absolute Gasteiger partial charge is 0.445 e. The van der Waals surface area contributed by atoms with Gasteiger partial charge in [0.1, 0.15) is 6.10 Å². The Hall–Kier alpha value is -4.91. The van der Waals surface area contributed by atoms with Crippen molar-refractivity contribution in [2.75, 3.05) is 13.1 Å². The number of carbonyl (C=O) groups excluding carboxylic acids is 5. The molecule has 44 heavy (non-hydrogen) atoms. The van der Waals surface area contributed by atoms with Crippen LogP contribution in [0.15, 0.2) is 91.0 Å². The Morgan fingerprint density at radius 1 is 0.773 bits per heavy atom. The van der Waals surface area contributed by atoms with Crippen LogP contribution in [0, 0.1) is 5.92 Å². The van der Waals surface area contributed by atoms with Crippen LogP contribution in [0.1, 0.15) is 39.6 Å². The number of likely N-dealkylation sites (tertiary alicyclic amines) is 1. The Labute approximate surface area is 253 Å². The molecule has 2 unspecified atom stereocenters. The quantitative estimate of drug-likeness (QED) is 0.195. The molecule has 3 aromatic rings. The van der Waals surface area contributed by atoms with Gasteiger partial charge in [-0.1, -0.05) is 73.7 Å².